The zero-order valence-electron chi connectivity index (χ0n) is 18.0. The lowest BCUT2D eigenvalue weighted by Crippen LogP contribution is -2.13. The summed E-state index contributed by atoms with van der Waals surface area (Å²) in [6.45, 7) is 2.02. The van der Waals surface area contributed by atoms with E-state index < -0.39 is 17.5 Å². The highest BCUT2D eigenvalue weighted by molar-refractivity contribution is 5.91. The van der Waals surface area contributed by atoms with Crippen LogP contribution in [-0.2, 0) is 6.54 Å². The molecule has 8 nitrogen and oxygen atoms in total. The summed E-state index contributed by atoms with van der Waals surface area (Å²) in [6.07, 6.45) is 4.92. The van der Waals surface area contributed by atoms with Crippen LogP contribution >= 0.6 is 0 Å². The van der Waals surface area contributed by atoms with Gasteiger partial charge < -0.3 is 11.1 Å². The van der Waals surface area contributed by atoms with Crippen LogP contribution in [0.5, 0.6) is 0 Å². The number of aryl methyl sites for hydroxylation is 1. The first-order chi connectivity index (χ1) is 16.4. The molecule has 0 atom stereocenters. The molecule has 34 heavy (non-hydrogen) atoms. The maximum atomic E-state index is 14.0. The van der Waals surface area contributed by atoms with Gasteiger partial charge in [-0.2, -0.15) is 0 Å². The van der Waals surface area contributed by atoms with Gasteiger partial charge in [-0.05, 0) is 49.4 Å². The molecule has 0 aliphatic carbocycles. The van der Waals surface area contributed by atoms with Crippen LogP contribution < -0.4 is 11.1 Å². The molecule has 3 N–H and O–H groups in total. The Labute approximate surface area is 192 Å². The number of halogens is 2. The number of carbonyl (C=O) groups is 1. The number of imidazole rings is 2. The number of rotatable bonds is 6. The van der Waals surface area contributed by atoms with Gasteiger partial charge in [-0.3, -0.25) is 13.8 Å². The van der Waals surface area contributed by atoms with Crippen LogP contribution in [0, 0.1) is 18.6 Å². The summed E-state index contributed by atoms with van der Waals surface area (Å²) in [5, 5.41) is 2.89. The molecule has 10 heteroatoms. The van der Waals surface area contributed by atoms with Crippen LogP contribution in [0.1, 0.15) is 21.9 Å². The molecule has 4 aromatic heterocycles. The predicted octanol–water partition coefficient (Wildman–Crippen LogP) is 3.88. The minimum absolute atomic E-state index is 0.0377. The number of anilines is 1. The van der Waals surface area contributed by atoms with Crippen molar-refractivity contribution in [3.8, 4) is 17.2 Å². The summed E-state index contributed by atoms with van der Waals surface area (Å²) in [7, 11) is 0. The van der Waals surface area contributed by atoms with Crippen molar-refractivity contribution in [1.29, 1.82) is 0 Å². The van der Waals surface area contributed by atoms with E-state index in [2.05, 4.69) is 15.3 Å². The molecule has 0 bridgehead atoms. The van der Waals surface area contributed by atoms with Gasteiger partial charge >= 0.3 is 0 Å². The van der Waals surface area contributed by atoms with E-state index in [0.29, 0.717) is 28.5 Å². The zero-order valence-corrected chi connectivity index (χ0v) is 18.0. The van der Waals surface area contributed by atoms with Gasteiger partial charge in [0.05, 0.1) is 29.8 Å². The Morgan fingerprint density at radius 2 is 1.94 bits per heavy atom. The third kappa shape index (κ3) is 3.96. The topological polar surface area (TPSA) is 103 Å². The van der Waals surface area contributed by atoms with Gasteiger partial charge in [0, 0.05) is 18.1 Å². The van der Waals surface area contributed by atoms with Crippen molar-refractivity contribution in [3.05, 3.63) is 95.8 Å². The normalized spacial score (nSPS) is 11.1. The van der Waals surface area contributed by atoms with Gasteiger partial charge in [0.25, 0.3) is 5.91 Å². The number of hydrogen-bond acceptors (Lipinski definition) is 5. The maximum Gasteiger partial charge on any atom is 0.267 e. The van der Waals surface area contributed by atoms with Crippen molar-refractivity contribution in [2.45, 2.75) is 13.5 Å². The van der Waals surface area contributed by atoms with Crippen LogP contribution in [0.25, 0.3) is 22.9 Å². The second-order valence-electron chi connectivity index (χ2n) is 7.69. The quantitative estimate of drug-likeness (QED) is 0.401. The lowest BCUT2D eigenvalue weighted by molar-refractivity contribution is 0.0994. The number of benzene rings is 1. The Hall–Kier alpha value is -4.60. The largest absolute Gasteiger partial charge is 0.377 e. The monoisotopic (exact) mass is 459 g/mol. The van der Waals surface area contributed by atoms with Crippen molar-refractivity contribution >= 4 is 17.2 Å². The zero-order chi connectivity index (χ0) is 23.8. The van der Waals surface area contributed by atoms with E-state index in [1.165, 1.54) is 6.20 Å². The number of nitrogens with one attached hydrogen (secondary N) is 1. The third-order valence-electron chi connectivity index (χ3n) is 5.28. The van der Waals surface area contributed by atoms with Crippen molar-refractivity contribution < 1.29 is 13.6 Å². The summed E-state index contributed by atoms with van der Waals surface area (Å²) in [5.74, 6) is -1.16. The number of aromatic nitrogens is 5. The Balaban J connectivity index is 1.58. The minimum atomic E-state index is -0.599. The SMILES string of the molecule is Cc1cccc(-c2nc(CNc3cc(F)ccc3F)cn2-c2ccc3ncc(C(N)=O)n3c2)n1. The van der Waals surface area contributed by atoms with E-state index in [1.54, 1.807) is 22.9 Å². The van der Waals surface area contributed by atoms with E-state index in [9.17, 15) is 13.6 Å². The van der Waals surface area contributed by atoms with E-state index in [-0.39, 0.29) is 17.9 Å². The molecule has 1 amide bonds. The first kappa shape index (κ1) is 21.3. The number of carbonyl (C=O) groups excluding carboxylic acids is 1. The first-order valence-electron chi connectivity index (χ1n) is 10.4. The molecule has 170 valence electrons. The second kappa shape index (κ2) is 8.39. The van der Waals surface area contributed by atoms with Gasteiger partial charge in [0.15, 0.2) is 5.82 Å². The van der Waals surface area contributed by atoms with Crippen LogP contribution in [0.4, 0.5) is 14.5 Å². The van der Waals surface area contributed by atoms with E-state index >= 15 is 0 Å². The number of primary amides is 1. The van der Waals surface area contributed by atoms with Gasteiger partial charge in [-0.15, -0.1) is 0 Å². The molecule has 0 fully saturated rings. The van der Waals surface area contributed by atoms with Crippen molar-refractivity contribution in [1.82, 2.24) is 23.9 Å². The molecule has 0 aliphatic rings. The fraction of sp³-hybridized carbons (Fsp3) is 0.0833. The Morgan fingerprint density at radius 3 is 2.74 bits per heavy atom. The molecule has 0 spiro atoms. The molecule has 5 aromatic rings. The smallest absolute Gasteiger partial charge is 0.267 e. The molecule has 1 aromatic carbocycles. The number of amides is 1. The average Bonchev–Trinajstić information content (AvgIpc) is 3.43. The lowest BCUT2D eigenvalue weighted by Gasteiger charge is -2.09. The molecular weight excluding hydrogens is 440 g/mol. The average molecular weight is 459 g/mol. The molecule has 0 saturated carbocycles. The lowest BCUT2D eigenvalue weighted by atomic mass is 10.3. The number of pyridine rings is 2. The molecule has 5 rings (SSSR count). The molecule has 0 unspecified atom stereocenters. The fourth-order valence-corrected chi connectivity index (χ4v) is 3.67. The molecule has 0 aliphatic heterocycles. The fourth-order valence-electron chi connectivity index (χ4n) is 3.67. The van der Waals surface area contributed by atoms with Crippen LogP contribution in [0.15, 0.2) is 67.1 Å². The minimum Gasteiger partial charge on any atom is -0.377 e. The predicted molar refractivity (Wildman–Crippen MR) is 122 cm³/mol. The van der Waals surface area contributed by atoms with E-state index in [0.717, 1.165) is 23.9 Å². The Kier molecular flexibility index (Phi) is 5.25. The standard InChI is InChI=1S/C24H19F2N7O/c1-14-3-2-4-19(30-14)24-31-16(10-28-20-9-15(25)5-7-18(20)26)12-32(24)17-6-8-22-29-11-21(23(27)34)33(22)13-17/h2-9,11-13,28H,10H2,1H3,(H2,27,34). The highest BCUT2D eigenvalue weighted by Gasteiger charge is 2.16. The molecule has 0 saturated heterocycles. The van der Waals surface area contributed by atoms with E-state index in [4.69, 9.17) is 10.7 Å². The Morgan fingerprint density at radius 1 is 1.09 bits per heavy atom. The summed E-state index contributed by atoms with van der Waals surface area (Å²) in [5.41, 5.74) is 9.03. The summed E-state index contributed by atoms with van der Waals surface area (Å²) in [4.78, 5) is 25.3. The maximum absolute atomic E-state index is 14.0. The van der Waals surface area contributed by atoms with Gasteiger partial charge in [0.2, 0.25) is 0 Å². The van der Waals surface area contributed by atoms with Gasteiger partial charge in [-0.1, -0.05) is 6.07 Å². The van der Waals surface area contributed by atoms with Crippen molar-refractivity contribution in [2.24, 2.45) is 5.73 Å². The molecular formula is C24H19F2N7O. The van der Waals surface area contributed by atoms with Crippen molar-refractivity contribution in [2.75, 3.05) is 5.32 Å². The van der Waals surface area contributed by atoms with Crippen molar-refractivity contribution in [3.63, 3.8) is 0 Å². The summed E-state index contributed by atoms with van der Waals surface area (Å²) in [6, 6.07) is 12.4. The number of nitrogens with zero attached hydrogens (tertiary/aromatic N) is 5. The highest BCUT2D eigenvalue weighted by atomic mass is 19.1. The third-order valence-corrected chi connectivity index (χ3v) is 5.28. The summed E-state index contributed by atoms with van der Waals surface area (Å²) < 4.78 is 31.0. The molecule has 4 heterocycles. The van der Waals surface area contributed by atoms with Crippen LogP contribution in [0.3, 0.4) is 0 Å². The van der Waals surface area contributed by atoms with E-state index in [1.807, 2.05) is 35.8 Å². The van der Waals surface area contributed by atoms with Crippen LogP contribution in [-0.4, -0.2) is 29.8 Å². The highest BCUT2D eigenvalue weighted by Crippen LogP contribution is 2.24. The number of hydrogen-bond donors (Lipinski definition) is 2. The number of nitrogens with two attached hydrogens (primary N) is 1. The Bertz CT molecular complexity index is 1540. The first-order valence-corrected chi connectivity index (χ1v) is 10.4. The van der Waals surface area contributed by atoms with Gasteiger partial charge in [-0.25, -0.2) is 23.7 Å². The number of fused-ring (bicyclic) bond motifs is 1. The van der Waals surface area contributed by atoms with Gasteiger partial charge in [0.1, 0.15) is 28.7 Å². The molecule has 0 radical (unpaired) electrons. The van der Waals surface area contributed by atoms with Crippen LogP contribution in [0.2, 0.25) is 0 Å². The second-order valence-corrected chi connectivity index (χ2v) is 7.69. The summed E-state index contributed by atoms with van der Waals surface area (Å²) >= 11 is 0.